The summed E-state index contributed by atoms with van der Waals surface area (Å²) >= 11 is 5.61. The number of halogens is 1. The van der Waals surface area contributed by atoms with Gasteiger partial charge < -0.3 is 23.7 Å². The van der Waals surface area contributed by atoms with Gasteiger partial charge >= 0.3 is 5.97 Å². The number of carbonyl (C=O) groups is 1. The van der Waals surface area contributed by atoms with Crippen molar-refractivity contribution >= 4 is 17.6 Å². The second-order valence-electron chi connectivity index (χ2n) is 5.46. The van der Waals surface area contributed by atoms with Crippen molar-refractivity contribution in [2.75, 3.05) is 65.3 Å². The highest BCUT2D eigenvalue weighted by Crippen LogP contribution is 2.01. The largest absolute Gasteiger partial charge is 0.463 e. The molecule has 0 aliphatic rings. The Balaban J connectivity index is 3.12. The summed E-state index contributed by atoms with van der Waals surface area (Å²) in [6.07, 6.45) is 5.49. The van der Waals surface area contributed by atoms with Crippen molar-refractivity contribution in [1.82, 2.24) is 0 Å². The molecule has 25 heavy (non-hydrogen) atoms. The summed E-state index contributed by atoms with van der Waals surface area (Å²) in [5.41, 5.74) is 0. The lowest BCUT2D eigenvalue weighted by molar-refractivity contribution is -0.145. The molecule has 150 valence electrons. The maximum absolute atomic E-state index is 11.5. The van der Waals surface area contributed by atoms with E-state index in [4.69, 9.17) is 35.3 Å². The molecular weight excluding hydrogens is 348 g/mol. The topological polar surface area (TPSA) is 63.2 Å². The van der Waals surface area contributed by atoms with Crippen LogP contribution in [0.4, 0.5) is 0 Å². The van der Waals surface area contributed by atoms with Crippen molar-refractivity contribution in [2.45, 2.75) is 45.4 Å². The van der Waals surface area contributed by atoms with E-state index in [0.717, 1.165) is 31.7 Å². The number of carbonyl (C=O) groups excluding carboxylic acids is 1. The highest BCUT2D eigenvalue weighted by Gasteiger charge is 2.02. The van der Waals surface area contributed by atoms with Crippen LogP contribution in [0.3, 0.4) is 0 Å². The molecular formula is C18H35ClO6. The van der Waals surface area contributed by atoms with Gasteiger partial charge in [-0.3, -0.25) is 4.79 Å². The normalized spacial score (nSPS) is 11.0. The van der Waals surface area contributed by atoms with Gasteiger partial charge in [0.05, 0.1) is 33.0 Å². The third-order valence-electron chi connectivity index (χ3n) is 3.28. The molecule has 0 rings (SSSR count). The molecule has 0 spiro atoms. The SMILES string of the molecule is CCOCCOCCOC(=O)CCCOCCOCCCCCCCl. The number of hydrogen-bond acceptors (Lipinski definition) is 6. The lowest BCUT2D eigenvalue weighted by Crippen LogP contribution is -2.13. The Morgan fingerprint density at radius 2 is 1.24 bits per heavy atom. The molecule has 0 aliphatic heterocycles. The molecule has 6 nitrogen and oxygen atoms in total. The summed E-state index contributed by atoms with van der Waals surface area (Å²) in [7, 11) is 0. The number of esters is 1. The van der Waals surface area contributed by atoms with Crippen molar-refractivity contribution in [3.8, 4) is 0 Å². The molecule has 0 unspecified atom stereocenters. The highest BCUT2D eigenvalue weighted by atomic mass is 35.5. The molecule has 0 atom stereocenters. The van der Waals surface area contributed by atoms with Crippen LogP contribution in [0.2, 0.25) is 0 Å². The van der Waals surface area contributed by atoms with Crippen LogP contribution in [0.5, 0.6) is 0 Å². The van der Waals surface area contributed by atoms with Crippen molar-refractivity contribution in [2.24, 2.45) is 0 Å². The molecule has 7 heteroatoms. The second-order valence-corrected chi connectivity index (χ2v) is 5.84. The van der Waals surface area contributed by atoms with Crippen molar-refractivity contribution < 1.29 is 28.5 Å². The zero-order valence-electron chi connectivity index (χ0n) is 15.6. The van der Waals surface area contributed by atoms with Crippen LogP contribution in [0.1, 0.15) is 45.4 Å². The average molecular weight is 383 g/mol. The van der Waals surface area contributed by atoms with Gasteiger partial charge in [-0.2, -0.15) is 0 Å². The number of ether oxygens (including phenoxy) is 5. The van der Waals surface area contributed by atoms with E-state index in [1.165, 1.54) is 6.42 Å². The van der Waals surface area contributed by atoms with Crippen LogP contribution in [-0.4, -0.2) is 71.3 Å². The van der Waals surface area contributed by atoms with Crippen LogP contribution in [0.15, 0.2) is 0 Å². The van der Waals surface area contributed by atoms with Crippen LogP contribution < -0.4 is 0 Å². The summed E-state index contributed by atoms with van der Waals surface area (Å²) < 4.78 is 26.3. The number of rotatable bonds is 20. The minimum Gasteiger partial charge on any atom is -0.463 e. The number of unbranched alkanes of at least 4 members (excludes halogenated alkanes) is 3. The molecule has 0 amide bonds. The summed E-state index contributed by atoms with van der Waals surface area (Å²) in [6, 6.07) is 0. The predicted molar refractivity (Wildman–Crippen MR) is 98.3 cm³/mol. The van der Waals surface area contributed by atoms with Crippen molar-refractivity contribution in [1.29, 1.82) is 0 Å². The van der Waals surface area contributed by atoms with Crippen molar-refractivity contribution in [3.05, 3.63) is 0 Å². The van der Waals surface area contributed by atoms with Gasteiger partial charge in [0.15, 0.2) is 0 Å². The molecule has 0 N–H and O–H groups in total. The lowest BCUT2D eigenvalue weighted by atomic mass is 10.2. The third kappa shape index (κ3) is 21.6. The van der Waals surface area contributed by atoms with Gasteiger partial charge in [-0.1, -0.05) is 12.8 Å². The Hall–Kier alpha value is -0.400. The standard InChI is InChI=1S/C18H35ClO6/c1-2-21-12-13-24-16-17-25-18(20)8-7-11-23-15-14-22-10-6-4-3-5-9-19/h2-17H2,1H3. The Morgan fingerprint density at radius 3 is 1.92 bits per heavy atom. The Morgan fingerprint density at radius 1 is 0.680 bits per heavy atom. The second kappa shape index (κ2) is 21.6. The van der Waals surface area contributed by atoms with E-state index in [0.29, 0.717) is 59.1 Å². The maximum atomic E-state index is 11.5. The van der Waals surface area contributed by atoms with Crippen molar-refractivity contribution in [3.63, 3.8) is 0 Å². The van der Waals surface area contributed by atoms with Gasteiger partial charge in [0.1, 0.15) is 6.61 Å². The summed E-state index contributed by atoms with van der Waals surface area (Å²) in [4.78, 5) is 11.5. The van der Waals surface area contributed by atoms with E-state index in [9.17, 15) is 4.79 Å². The molecule has 0 radical (unpaired) electrons. The molecule has 0 bridgehead atoms. The molecule has 0 aromatic carbocycles. The molecule has 0 aromatic rings. The molecule has 0 heterocycles. The first kappa shape index (κ1) is 24.6. The Kier molecular flexibility index (Phi) is 21.3. The first-order chi connectivity index (χ1) is 12.3. The van der Waals surface area contributed by atoms with E-state index in [1.54, 1.807) is 0 Å². The van der Waals surface area contributed by atoms with Gasteiger partial charge in [-0.05, 0) is 26.2 Å². The minimum atomic E-state index is -0.217. The summed E-state index contributed by atoms with van der Waals surface area (Å²) in [5, 5.41) is 0. The molecule has 0 aromatic heterocycles. The maximum Gasteiger partial charge on any atom is 0.305 e. The zero-order chi connectivity index (χ0) is 18.4. The predicted octanol–water partition coefficient (Wildman–Crippen LogP) is 3.20. The van der Waals surface area contributed by atoms with Gasteiger partial charge in [-0.15, -0.1) is 11.6 Å². The number of alkyl halides is 1. The first-order valence-corrected chi connectivity index (χ1v) is 9.87. The van der Waals surface area contributed by atoms with E-state index in [1.807, 2.05) is 6.92 Å². The fourth-order valence-corrected chi connectivity index (χ4v) is 2.13. The Bertz CT molecular complexity index is 278. The molecule has 0 fully saturated rings. The third-order valence-corrected chi connectivity index (χ3v) is 3.55. The lowest BCUT2D eigenvalue weighted by Gasteiger charge is -2.07. The monoisotopic (exact) mass is 382 g/mol. The van der Waals surface area contributed by atoms with Gasteiger partial charge in [0.25, 0.3) is 0 Å². The molecule has 0 saturated heterocycles. The van der Waals surface area contributed by atoms with E-state index in [-0.39, 0.29) is 12.6 Å². The van der Waals surface area contributed by atoms with Gasteiger partial charge in [0, 0.05) is 32.1 Å². The number of hydrogen-bond donors (Lipinski definition) is 0. The van der Waals surface area contributed by atoms with E-state index < -0.39 is 0 Å². The van der Waals surface area contributed by atoms with Crippen LogP contribution in [-0.2, 0) is 28.5 Å². The minimum absolute atomic E-state index is 0.217. The Labute approximate surface area is 157 Å². The average Bonchev–Trinajstić information content (AvgIpc) is 2.62. The van der Waals surface area contributed by atoms with Gasteiger partial charge in [-0.25, -0.2) is 0 Å². The zero-order valence-corrected chi connectivity index (χ0v) is 16.4. The molecule has 0 aliphatic carbocycles. The van der Waals surface area contributed by atoms with Crippen LogP contribution >= 0.6 is 11.6 Å². The van der Waals surface area contributed by atoms with E-state index >= 15 is 0 Å². The highest BCUT2D eigenvalue weighted by molar-refractivity contribution is 6.17. The fourth-order valence-electron chi connectivity index (χ4n) is 1.94. The fraction of sp³-hybridized carbons (Fsp3) is 0.944. The smallest absolute Gasteiger partial charge is 0.305 e. The summed E-state index contributed by atoms with van der Waals surface area (Å²) in [6.45, 7) is 6.86. The molecule has 0 saturated carbocycles. The van der Waals surface area contributed by atoms with Gasteiger partial charge in [0.2, 0.25) is 0 Å². The van der Waals surface area contributed by atoms with Crippen LogP contribution in [0.25, 0.3) is 0 Å². The van der Waals surface area contributed by atoms with E-state index in [2.05, 4.69) is 0 Å². The summed E-state index contributed by atoms with van der Waals surface area (Å²) in [5.74, 6) is 0.523. The quantitative estimate of drug-likeness (QED) is 0.183. The van der Waals surface area contributed by atoms with Crippen LogP contribution in [0, 0.1) is 0 Å². The first-order valence-electron chi connectivity index (χ1n) is 9.33.